The summed E-state index contributed by atoms with van der Waals surface area (Å²) in [6.45, 7) is 4.15. The van der Waals surface area contributed by atoms with Crippen molar-refractivity contribution in [3.8, 4) is 0 Å². The predicted molar refractivity (Wildman–Crippen MR) is 99.4 cm³/mol. The molecular weight excluding hydrogens is 420 g/mol. The van der Waals surface area contributed by atoms with Gasteiger partial charge in [-0.1, -0.05) is 0 Å². The lowest BCUT2D eigenvalue weighted by Crippen LogP contribution is -2.62. The molecule has 9 atom stereocenters. The van der Waals surface area contributed by atoms with Crippen LogP contribution in [0.25, 0.3) is 0 Å². The van der Waals surface area contributed by atoms with Crippen molar-refractivity contribution in [1.29, 1.82) is 0 Å². The second-order valence-corrected chi connectivity index (χ2v) is 7.04. The van der Waals surface area contributed by atoms with Gasteiger partial charge in [-0.2, -0.15) is 0 Å². The molecule has 0 spiro atoms. The zero-order chi connectivity index (χ0) is 24.2. The van der Waals surface area contributed by atoms with Crippen LogP contribution in [0, 0.1) is 0 Å². The molecule has 12 nitrogen and oxygen atoms in total. The van der Waals surface area contributed by atoms with Crippen LogP contribution < -0.4 is 0 Å². The number of aliphatic hydroxyl groups is 1. The molecule has 0 amide bonds. The van der Waals surface area contributed by atoms with Gasteiger partial charge in [0.25, 0.3) is 0 Å². The van der Waals surface area contributed by atoms with Crippen LogP contribution in [0.3, 0.4) is 0 Å². The Morgan fingerprint density at radius 1 is 0.806 bits per heavy atom. The van der Waals surface area contributed by atoms with Crippen LogP contribution in [0.5, 0.6) is 0 Å². The van der Waals surface area contributed by atoms with E-state index in [4.69, 9.17) is 39.3 Å². The van der Waals surface area contributed by atoms with Gasteiger partial charge < -0.3 is 43.0 Å². The van der Waals surface area contributed by atoms with Crippen LogP contribution in [0.1, 0.15) is 29.1 Å². The summed E-state index contributed by atoms with van der Waals surface area (Å²) in [4.78, 5) is 35.2. The largest absolute Gasteiger partial charge is 0.456 e. The smallest absolute Gasteiger partial charge is 0.303 e. The molecule has 0 aromatic rings. The molecule has 2 saturated heterocycles. The fraction of sp³-hybridized carbons (Fsp3) is 0.842. The summed E-state index contributed by atoms with van der Waals surface area (Å²) in [7, 11) is 2.77. The third kappa shape index (κ3) is 6.11. The first-order valence-corrected chi connectivity index (χ1v) is 9.62. The van der Waals surface area contributed by atoms with E-state index in [9.17, 15) is 19.5 Å². The van der Waals surface area contributed by atoms with Crippen molar-refractivity contribution < 1.29 is 58.8 Å². The van der Waals surface area contributed by atoms with E-state index in [0.717, 1.165) is 20.8 Å². The number of aliphatic hydroxyl groups excluding tert-OH is 1. The highest BCUT2D eigenvalue weighted by atomic mass is 16.8. The molecule has 2 heterocycles. The van der Waals surface area contributed by atoms with Gasteiger partial charge in [-0.05, 0) is 6.92 Å². The molecule has 12 heteroatoms. The number of hydrogen-bond donors (Lipinski definition) is 1. The maximum atomic E-state index is 11.8. The van der Waals surface area contributed by atoms with Crippen molar-refractivity contribution in [2.75, 3.05) is 20.8 Å². The first-order valence-electron chi connectivity index (χ1n) is 10.1. The van der Waals surface area contributed by atoms with E-state index in [1.165, 1.54) is 21.1 Å². The van der Waals surface area contributed by atoms with E-state index in [1.54, 1.807) is 0 Å². The fourth-order valence-corrected chi connectivity index (χ4v) is 3.54. The van der Waals surface area contributed by atoms with Crippen molar-refractivity contribution in [2.45, 2.75) is 83.0 Å². The number of hydrogen-bond acceptors (Lipinski definition) is 12. The summed E-state index contributed by atoms with van der Waals surface area (Å²) in [5.74, 6) is -2.30. The summed E-state index contributed by atoms with van der Waals surface area (Å²) in [5.41, 5.74) is 0. The molecule has 0 aromatic heterocycles. The van der Waals surface area contributed by atoms with Gasteiger partial charge in [0.1, 0.15) is 18.3 Å². The molecule has 2 aliphatic rings. The summed E-state index contributed by atoms with van der Waals surface area (Å²) in [5, 5.41) is 9.71. The average molecular weight is 451 g/mol. The maximum Gasteiger partial charge on any atom is 0.303 e. The predicted octanol–water partition coefficient (Wildman–Crippen LogP) is -0.710. The third-order valence-corrected chi connectivity index (χ3v) is 4.73. The molecule has 0 aliphatic carbocycles. The monoisotopic (exact) mass is 451 g/mol. The lowest BCUT2D eigenvalue weighted by molar-refractivity contribution is -0.317. The van der Waals surface area contributed by atoms with Crippen molar-refractivity contribution in [2.24, 2.45) is 0 Å². The SMILES string of the molecule is [2H][C@]1(C)O[C@@H](O[C@@H]2[C@@H](OC)[C@H](OC)O[C@@H]2CO)[C@H](OC(C)=O)[C@H](OC(C)=O)[C@H]1OC(C)=O. The fourth-order valence-electron chi connectivity index (χ4n) is 3.54. The molecular formula is C19H30O12. The van der Waals surface area contributed by atoms with Crippen LogP contribution in [0.2, 0.25) is 0 Å². The van der Waals surface area contributed by atoms with Gasteiger partial charge in [0.05, 0.1) is 14.1 Å². The number of rotatable bonds is 8. The Hall–Kier alpha value is -1.83. The Labute approximate surface area is 181 Å². The van der Waals surface area contributed by atoms with E-state index in [2.05, 4.69) is 0 Å². The molecule has 2 fully saturated rings. The van der Waals surface area contributed by atoms with Gasteiger partial charge in [-0.25, -0.2) is 0 Å². The van der Waals surface area contributed by atoms with Crippen molar-refractivity contribution in [1.82, 2.24) is 0 Å². The number of esters is 3. The number of carbonyl (C=O) groups excluding carboxylic acids is 3. The molecule has 0 bridgehead atoms. The number of methoxy groups -OCH3 is 2. The normalized spacial score (nSPS) is 40.7. The second-order valence-electron chi connectivity index (χ2n) is 7.04. The Kier molecular flexibility index (Phi) is 8.58. The summed E-state index contributed by atoms with van der Waals surface area (Å²) < 4.78 is 52.1. The third-order valence-electron chi connectivity index (χ3n) is 4.73. The van der Waals surface area contributed by atoms with Crippen molar-refractivity contribution >= 4 is 17.9 Å². The molecule has 1 N–H and O–H groups in total. The maximum absolute atomic E-state index is 11.8. The molecule has 178 valence electrons. The molecule has 2 aliphatic heterocycles. The molecule has 2 rings (SSSR count). The minimum absolute atomic E-state index is 0.461. The number of ether oxygens (including phenoxy) is 8. The summed E-state index contributed by atoms with van der Waals surface area (Å²) >= 11 is 0. The molecule has 0 unspecified atom stereocenters. The van der Waals surface area contributed by atoms with E-state index in [-0.39, 0.29) is 0 Å². The minimum atomic E-state index is -1.97. The molecule has 31 heavy (non-hydrogen) atoms. The van der Waals surface area contributed by atoms with Gasteiger partial charge in [-0.3, -0.25) is 14.4 Å². The van der Waals surface area contributed by atoms with E-state index < -0.39 is 79.8 Å². The van der Waals surface area contributed by atoms with Gasteiger partial charge in [0, 0.05) is 35.0 Å². The van der Waals surface area contributed by atoms with Gasteiger partial charge >= 0.3 is 17.9 Å². The zero-order valence-corrected chi connectivity index (χ0v) is 18.3. The van der Waals surface area contributed by atoms with Crippen molar-refractivity contribution in [3.05, 3.63) is 0 Å². The van der Waals surface area contributed by atoms with Crippen molar-refractivity contribution in [3.63, 3.8) is 0 Å². The van der Waals surface area contributed by atoms with E-state index in [0.29, 0.717) is 0 Å². The molecule has 0 aromatic carbocycles. The van der Waals surface area contributed by atoms with Crippen LogP contribution in [0.15, 0.2) is 0 Å². The highest BCUT2D eigenvalue weighted by Crippen LogP contribution is 2.34. The van der Waals surface area contributed by atoms with Crippen LogP contribution in [0.4, 0.5) is 0 Å². The molecule has 0 saturated carbocycles. The van der Waals surface area contributed by atoms with Gasteiger partial charge in [0.2, 0.25) is 0 Å². The van der Waals surface area contributed by atoms with E-state index >= 15 is 0 Å². The van der Waals surface area contributed by atoms with Crippen LogP contribution >= 0.6 is 0 Å². The van der Waals surface area contributed by atoms with E-state index in [1.807, 2.05) is 0 Å². The second kappa shape index (κ2) is 11.2. The standard InChI is InChI=1S/C19H30O12/c1-8-13(27-9(2)21)15(28-10(3)22)17(29-11(4)23)19(26-8)31-14-12(7-20)30-18(25-6)16(14)24-5/h8,12-20H,7H2,1-6H3/t8-,12-,13+,14+,15-,16-,17-,18-,19+/m1/s1/i8D. The Bertz CT molecular complexity index is 685. The lowest BCUT2D eigenvalue weighted by atomic mass is 9.98. The first-order chi connectivity index (χ1) is 14.9. The Morgan fingerprint density at radius 3 is 1.84 bits per heavy atom. The summed E-state index contributed by atoms with van der Waals surface area (Å²) in [6, 6.07) is 0. The summed E-state index contributed by atoms with van der Waals surface area (Å²) in [6.07, 6.45) is -11.3. The minimum Gasteiger partial charge on any atom is -0.456 e. The lowest BCUT2D eigenvalue weighted by Gasteiger charge is -2.44. The van der Waals surface area contributed by atoms with Gasteiger partial charge in [-0.15, -0.1) is 0 Å². The number of carbonyl (C=O) groups is 3. The highest BCUT2D eigenvalue weighted by molar-refractivity contribution is 5.68. The quantitative estimate of drug-likeness (QED) is 0.367. The van der Waals surface area contributed by atoms with Crippen LogP contribution in [-0.4, -0.2) is 99.1 Å². The first kappa shape index (κ1) is 23.8. The highest BCUT2D eigenvalue weighted by Gasteiger charge is 2.54. The zero-order valence-electron chi connectivity index (χ0n) is 19.3. The van der Waals surface area contributed by atoms with Gasteiger partial charge in [0.15, 0.2) is 30.9 Å². The topological polar surface area (TPSA) is 145 Å². The molecule has 0 radical (unpaired) electrons. The van der Waals surface area contributed by atoms with Crippen LogP contribution in [-0.2, 0) is 52.3 Å². The average Bonchev–Trinajstić information content (AvgIpc) is 3.03. The Morgan fingerprint density at radius 2 is 1.35 bits per heavy atom. The Balaban J connectivity index is 2.43.